The Kier molecular flexibility index (Phi) is 7.40. The van der Waals surface area contributed by atoms with E-state index in [1.165, 1.54) is 6.08 Å². The second kappa shape index (κ2) is 10.6. The number of fused-ring (bicyclic) bond motifs is 1. The molecule has 0 unspecified atom stereocenters. The van der Waals surface area contributed by atoms with Gasteiger partial charge in [0.15, 0.2) is 0 Å². The Morgan fingerprint density at radius 3 is 2.47 bits per heavy atom. The number of esters is 1. The quantitative estimate of drug-likeness (QED) is 0.0857. The van der Waals surface area contributed by atoms with E-state index in [1.807, 2.05) is 48.5 Å². The molecule has 0 heterocycles. The molecule has 0 spiro atoms. The van der Waals surface area contributed by atoms with E-state index in [0.717, 1.165) is 14.3 Å². The zero-order valence-corrected chi connectivity index (χ0v) is 21.3. The third-order valence-corrected chi connectivity index (χ3v) is 6.16. The topological polar surface area (TPSA) is 79.2 Å². The molecule has 0 atom stereocenters. The molecule has 4 aromatic carbocycles. The number of hydrogen-bond donors (Lipinski definition) is 1. The maximum absolute atomic E-state index is 13.0. The standard InChI is InChI=1S/C27H16BrIN2O3/c28-20-8-13-25(34-27(33)24-7-3-5-17-4-1-2-6-23(17)24)18(15-20)14-19(16-30)26(32)31-22-11-9-21(29)10-12-22/h1-15H,(H,31,32)/b19-14+. The SMILES string of the molecule is N#C/C(=C\c1cc(Br)ccc1OC(=O)c1cccc2ccccc12)C(=O)Nc1ccc(I)cc1. The van der Waals surface area contributed by atoms with Crippen molar-refractivity contribution < 1.29 is 14.3 Å². The van der Waals surface area contributed by atoms with Gasteiger partial charge in [-0.05, 0) is 88.0 Å². The molecule has 0 saturated heterocycles. The molecule has 0 saturated carbocycles. The summed E-state index contributed by atoms with van der Waals surface area (Å²) in [5.74, 6) is -0.860. The highest BCUT2D eigenvalue weighted by molar-refractivity contribution is 14.1. The van der Waals surface area contributed by atoms with Crippen molar-refractivity contribution in [3.8, 4) is 11.8 Å². The van der Waals surface area contributed by atoms with Crippen molar-refractivity contribution in [1.82, 2.24) is 0 Å². The van der Waals surface area contributed by atoms with E-state index in [0.29, 0.717) is 21.3 Å². The fourth-order valence-electron chi connectivity index (χ4n) is 3.32. The van der Waals surface area contributed by atoms with Gasteiger partial charge >= 0.3 is 5.97 Å². The summed E-state index contributed by atoms with van der Waals surface area (Å²) in [5.41, 5.74) is 1.28. The fourth-order valence-corrected chi connectivity index (χ4v) is 4.06. The number of nitrogens with one attached hydrogen (secondary N) is 1. The van der Waals surface area contributed by atoms with E-state index in [2.05, 4.69) is 43.8 Å². The van der Waals surface area contributed by atoms with Crippen molar-refractivity contribution in [2.75, 3.05) is 5.32 Å². The van der Waals surface area contributed by atoms with Gasteiger partial charge in [0.05, 0.1) is 5.56 Å². The lowest BCUT2D eigenvalue weighted by atomic mass is 10.0. The number of amides is 1. The van der Waals surface area contributed by atoms with Crippen LogP contribution in [0.5, 0.6) is 5.75 Å². The average molecular weight is 623 g/mol. The van der Waals surface area contributed by atoms with Gasteiger partial charge in [-0.25, -0.2) is 4.79 Å². The van der Waals surface area contributed by atoms with Crippen LogP contribution in [0.25, 0.3) is 16.8 Å². The smallest absolute Gasteiger partial charge is 0.344 e. The molecule has 1 N–H and O–H groups in total. The zero-order chi connectivity index (χ0) is 24.1. The first kappa shape index (κ1) is 23.7. The highest BCUT2D eigenvalue weighted by Gasteiger charge is 2.16. The van der Waals surface area contributed by atoms with Crippen molar-refractivity contribution in [3.63, 3.8) is 0 Å². The van der Waals surface area contributed by atoms with E-state index in [1.54, 1.807) is 42.5 Å². The van der Waals surface area contributed by atoms with E-state index < -0.39 is 11.9 Å². The van der Waals surface area contributed by atoms with Crippen LogP contribution in [0.2, 0.25) is 0 Å². The molecule has 166 valence electrons. The molecule has 34 heavy (non-hydrogen) atoms. The fraction of sp³-hybridized carbons (Fsp3) is 0. The number of benzene rings is 4. The predicted octanol–water partition coefficient (Wildman–Crippen LogP) is 6.97. The lowest BCUT2D eigenvalue weighted by Gasteiger charge is -2.11. The summed E-state index contributed by atoms with van der Waals surface area (Å²) in [5, 5.41) is 14.0. The molecular weight excluding hydrogens is 607 g/mol. The van der Waals surface area contributed by atoms with Crippen molar-refractivity contribution in [3.05, 3.63) is 110 Å². The first-order chi connectivity index (χ1) is 16.4. The van der Waals surface area contributed by atoms with Crippen molar-refractivity contribution >= 4 is 72.9 Å². The van der Waals surface area contributed by atoms with Crippen LogP contribution in [0.1, 0.15) is 15.9 Å². The van der Waals surface area contributed by atoms with Gasteiger partial charge in [-0.15, -0.1) is 0 Å². The van der Waals surface area contributed by atoms with Crippen molar-refractivity contribution in [2.24, 2.45) is 0 Å². The minimum Gasteiger partial charge on any atom is -0.422 e. The minimum absolute atomic E-state index is 0.126. The van der Waals surface area contributed by atoms with Crippen LogP contribution >= 0.6 is 38.5 Å². The monoisotopic (exact) mass is 622 g/mol. The molecule has 4 rings (SSSR count). The van der Waals surface area contributed by atoms with Crippen LogP contribution in [0.4, 0.5) is 5.69 Å². The van der Waals surface area contributed by atoms with E-state index in [-0.39, 0.29) is 11.3 Å². The van der Waals surface area contributed by atoms with Crippen molar-refractivity contribution in [2.45, 2.75) is 0 Å². The van der Waals surface area contributed by atoms with Crippen LogP contribution in [0, 0.1) is 14.9 Å². The summed E-state index contributed by atoms with van der Waals surface area (Å²) in [4.78, 5) is 25.7. The van der Waals surface area contributed by atoms with E-state index in [4.69, 9.17) is 4.74 Å². The van der Waals surface area contributed by atoms with Crippen LogP contribution in [0.15, 0.2) is 95.0 Å². The number of anilines is 1. The lowest BCUT2D eigenvalue weighted by molar-refractivity contribution is -0.112. The summed E-state index contributed by atoms with van der Waals surface area (Å²) in [7, 11) is 0. The minimum atomic E-state index is -0.560. The van der Waals surface area contributed by atoms with Crippen LogP contribution in [-0.2, 0) is 4.79 Å². The lowest BCUT2D eigenvalue weighted by Crippen LogP contribution is -2.14. The largest absolute Gasteiger partial charge is 0.422 e. The first-order valence-electron chi connectivity index (χ1n) is 10.1. The Morgan fingerprint density at radius 2 is 1.71 bits per heavy atom. The molecule has 0 aromatic heterocycles. The maximum Gasteiger partial charge on any atom is 0.344 e. The number of carbonyl (C=O) groups is 2. The number of nitrogens with zero attached hydrogens (tertiary/aromatic N) is 1. The van der Waals surface area contributed by atoms with Crippen LogP contribution in [-0.4, -0.2) is 11.9 Å². The van der Waals surface area contributed by atoms with E-state index >= 15 is 0 Å². The van der Waals surface area contributed by atoms with Gasteiger partial charge in [0, 0.05) is 19.3 Å². The van der Waals surface area contributed by atoms with Gasteiger partial charge in [-0.2, -0.15) is 5.26 Å². The Morgan fingerprint density at radius 1 is 0.971 bits per heavy atom. The Labute approximate surface area is 218 Å². The number of nitriles is 1. The zero-order valence-electron chi connectivity index (χ0n) is 17.6. The predicted molar refractivity (Wildman–Crippen MR) is 144 cm³/mol. The Hall–Kier alpha value is -3.48. The first-order valence-corrected chi connectivity index (χ1v) is 12.0. The molecule has 0 aliphatic heterocycles. The molecule has 0 fully saturated rings. The molecule has 0 aliphatic carbocycles. The second-order valence-electron chi connectivity index (χ2n) is 7.23. The molecule has 0 radical (unpaired) electrons. The van der Waals surface area contributed by atoms with Gasteiger partial charge in [0.25, 0.3) is 5.91 Å². The normalized spacial score (nSPS) is 11.0. The second-order valence-corrected chi connectivity index (χ2v) is 9.39. The third-order valence-electron chi connectivity index (χ3n) is 4.95. The number of ether oxygens (including phenoxy) is 1. The number of carbonyl (C=O) groups excluding carboxylic acids is 2. The molecule has 7 heteroatoms. The van der Waals surface area contributed by atoms with Crippen LogP contribution in [0.3, 0.4) is 0 Å². The van der Waals surface area contributed by atoms with Gasteiger partial charge in [0.1, 0.15) is 17.4 Å². The molecule has 0 aliphatic rings. The molecule has 5 nitrogen and oxygen atoms in total. The molecular formula is C27H16BrIN2O3. The van der Waals surface area contributed by atoms with Crippen molar-refractivity contribution in [1.29, 1.82) is 5.26 Å². The summed E-state index contributed by atoms with van der Waals surface area (Å²) < 4.78 is 7.44. The van der Waals surface area contributed by atoms with Gasteiger partial charge in [-0.1, -0.05) is 52.3 Å². The highest BCUT2D eigenvalue weighted by Crippen LogP contribution is 2.28. The summed E-state index contributed by atoms with van der Waals surface area (Å²) >= 11 is 5.56. The van der Waals surface area contributed by atoms with Gasteiger partial charge < -0.3 is 10.1 Å². The Bertz CT molecular complexity index is 1470. The van der Waals surface area contributed by atoms with Gasteiger partial charge in [0.2, 0.25) is 0 Å². The molecule has 1 amide bonds. The number of halogens is 2. The average Bonchev–Trinajstić information content (AvgIpc) is 2.85. The summed E-state index contributed by atoms with van der Waals surface area (Å²) in [6, 6.07) is 27.1. The van der Waals surface area contributed by atoms with E-state index in [9.17, 15) is 14.9 Å². The summed E-state index contributed by atoms with van der Waals surface area (Å²) in [6.07, 6.45) is 1.40. The highest BCUT2D eigenvalue weighted by atomic mass is 127. The van der Waals surface area contributed by atoms with Crippen LogP contribution < -0.4 is 10.1 Å². The molecule has 0 bridgehead atoms. The molecule has 4 aromatic rings. The Balaban J connectivity index is 1.64. The number of rotatable bonds is 5. The number of hydrogen-bond acceptors (Lipinski definition) is 4. The third kappa shape index (κ3) is 5.53. The van der Waals surface area contributed by atoms with Gasteiger partial charge in [-0.3, -0.25) is 4.79 Å². The summed E-state index contributed by atoms with van der Waals surface area (Å²) in [6.45, 7) is 0. The maximum atomic E-state index is 13.0.